The molecule has 2 aromatic carbocycles. The van der Waals surface area contributed by atoms with E-state index in [4.69, 9.17) is 21.1 Å². The lowest BCUT2D eigenvalue weighted by molar-refractivity contribution is -0.119. The van der Waals surface area contributed by atoms with E-state index in [1.54, 1.807) is 25.1 Å². The Hall–Kier alpha value is -2.78. The van der Waals surface area contributed by atoms with Crippen LogP contribution >= 0.6 is 11.6 Å². The van der Waals surface area contributed by atoms with E-state index in [1.165, 1.54) is 32.4 Å². The zero-order valence-corrected chi connectivity index (χ0v) is 17.5. The lowest BCUT2D eigenvalue weighted by atomic mass is 10.1. The van der Waals surface area contributed by atoms with Crippen LogP contribution in [-0.2, 0) is 14.8 Å². The number of carbonyl (C=O) groups is 2. The minimum Gasteiger partial charge on any atom is -0.497 e. The molecular weight excluding hydrogens is 420 g/mol. The maximum absolute atomic E-state index is 12.7. The average molecular weight is 439 g/mol. The first-order chi connectivity index (χ1) is 13.7. The molecule has 2 aromatic rings. The van der Waals surface area contributed by atoms with E-state index in [1.807, 2.05) is 0 Å². The Morgan fingerprint density at radius 3 is 2.45 bits per heavy atom. The second-order valence-electron chi connectivity index (χ2n) is 6.47. The number of carbonyl (C=O) groups excluding carboxylic acids is 2. The van der Waals surface area contributed by atoms with Crippen LogP contribution < -0.4 is 19.1 Å². The molecular formula is C19H19ClN2O6S. The van der Waals surface area contributed by atoms with Gasteiger partial charge in [-0.05, 0) is 30.3 Å². The lowest BCUT2D eigenvalue weighted by Gasteiger charge is -2.17. The van der Waals surface area contributed by atoms with Crippen molar-refractivity contribution < 1.29 is 27.5 Å². The molecule has 0 spiro atoms. The third-order valence-corrected chi connectivity index (χ3v) is 6.63. The van der Waals surface area contributed by atoms with E-state index < -0.39 is 27.8 Å². The summed E-state index contributed by atoms with van der Waals surface area (Å²) >= 11 is 6.22. The molecule has 8 nitrogen and oxygen atoms in total. The van der Waals surface area contributed by atoms with Crippen molar-refractivity contribution in [2.45, 2.75) is 6.92 Å². The van der Waals surface area contributed by atoms with Crippen LogP contribution in [0.15, 0.2) is 36.4 Å². The van der Waals surface area contributed by atoms with Gasteiger partial charge in [0.1, 0.15) is 11.5 Å². The van der Waals surface area contributed by atoms with E-state index in [9.17, 15) is 18.0 Å². The van der Waals surface area contributed by atoms with Gasteiger partial charge in [0.2, 0.25) is 15.9 Å². The number of rotatable bonds is 5. The molecule has 0 bridgehead atoms. The van der Waals surface area contributed by atoms with Gasteiger partial charge >= 0.3 is 0 Å². The number of nitrogens with one attached hydrogen (secondary N) is 1. The monoisotopic (exact) mass is 438 g/mol. The third kappa shape index (κ3) is 4.01. The van der Waals surface area contributed by atoms with Crippen LogP contribution in [0.2, 0.25) is 5.02 Å². The molecule has 1 heterocycles. The predicted molar refractivity (Wildman–Crippen MR) is 109 cm³/mol. The summed E-state index contributed by atoms with van der Waals surface area (Å²) in [5, 5.41) is 2.70. The topological polar surface area (TPSA) is 102 Å². The molecule has 1 unspecified atom stereocenters. The normalized spacial score (nSPS) is 17.9. The van der Waals surface area contributed by atoms with Crippen molar-refractivity contribution in [2.75, 3.05) is 29.6 Å². The van der Waals surface area contributed by atoms with Crippen LogP contribution in [0.25, 0.3) is 0 Å². The van der Waals surface area contributed by atoms with Gasteiger partial charge in [-0.3, -0.25) is 9.59 Å². The molecule has 0 aromatic heterocycles. The maximum Gasteiger partial charge on any atom is 0.257 e. The first-order valence-corrected chi connectivity index (χ1v) is 10.6. The molecule has 1 N–H and O–H groups in total. The summed E-state index contributed by atoms with van der Waals surface area (Å²) in [6, 6.07) is 8.93. The fraction of sp³-hybridized carbons (Fsp3) is 0.263. The molecule has 3 rings (SSSR count). The molecule has 0 aliphatic carbocycles. The number of ether oxygens (including phenoxy) is 2. The Labute approximate surface area is 173 Å². The number of benzene rings is 2. The van der Waals surface area contributed by atoms with Crippen molar-refractivity contribution in [3.63, 3.8) is 0 Å². The maximum atomic E-state index is 12.7. The number of hydrogen-bond acceptors (Lipinski definition) is 6. The van der Waals surface area contributed by atoms with Crippen LogP contribution in [-0.4, -0.2) is 40.2 Å². The fourth-order valence-corrected chi connectivity index (χ4v) is 5.07. The highest BCUT2D eigenvalue weighted by atomic mass is 35.5. The Morgan fingerprint density at radius 1 is 1.17 bits per heavy atom. The first-order valence-electron chi connectivity index (χ1n) is 8.57. The van der Waals surface area contributed by atoms with Crippen molar-refractivity contribution in [1.82, 2.24) is 0 Å². The summed E-state index contributed by atoms with van der Waals surface area (Å²) in [4.78, 5) is 24.9. The van der Waals surface area contributed by atoms with Crippen LogP contribution in [0, 0.1) is 5.92 Å². The van der Waals surface area contributed by atoms with Gasteiger partial charge in [-0.15, -0.1) is 0 Å². The fourth-order valence-electron chi connectivity index (χ4n) is 2.99. The Kier molecular flexibility index (Phi) is 5.72. The van der Waals surface area contributed by atoms with E-state index in [-0.39, 0.29) is 22.0 Å². The average Bonchev–Trinajstić information content (AvgIpc) is 2.88. The van der Waals surface area contributed by atoms with Crippen molar-refractivity contribution >= 4 is 44.8 Å². The molecule has 0 saturated carbocycles. The van der Waals surface area contributed by atoms with Gasteiger partial charge < -0.3 is 14.8 Å². The van der Waals surface area contributed by atoms with Crippen LogP contribution in [0.4, 0.5) is 11.4 Å². The van der Waals surface area contributed by atoms with Gasteiger partial charge in [-0.2, -0.15) is 0 Å². The summed E-state index contributed by atoms with van der Waals surface area (Å²) in [5.41, 5.74) is 0.623. The van der Waals surface area contributed by atoms with E-state index >= 15 is 0 Å². The molecule has 1 atom stereocenters. The Balaban J connectivity index is 1.88. The van der Waals surface area contributed by atoms with E-state index in [0.29, 0.717) is 17.2 Å². The van der Waals surface area contributed by atoms with Crippen LogP contribution in [0.3, 0.4) is 0 Å². The van der Waals surface area contributed by atoms with E-state index in [2.05, 4.69) is 5.32 Å². The Bertz CT molecular complexity index is 1090. The van der Waals surface area contributed by atoms with Gasteiger partial charge in [0.25, 0.3) is 5.91 Å². The van der Waals surface area contributed by atoms with Crippen molar-refractivity contribution in [2.24, 2.45) is 5.92 Å². The summed E-state index contributed by atoms with van der Waals surface area (Å²) in [7, 11) is -0.783. The molecule has 2 amide bonds. The summed E-state index contributed by atoms with van der Waals surface area (Å²) in [5.74, 6) is -0.983. The zero-order chi connectivity index (χ0) is 21.3. The van der Waals surface area contributed by atoms with E-state index in [0.717, 1.165) is 4.31 Å². The first kappa shape index (κ1) is 20.9. The van der Waals surface area contributed by atoms with Crippen LogP contribution in [0.5, 0.6) is 11.5 Å². The molecule has 1 aliphatic heterocycles. The molecule has 10 heteroatoms. The highest BCUT2D eigenvalue weighted by Crippen LogP contribution is 2.33. The smallest absolute Gasteiger partial charge is 0.257 e. The third-order valence-electron chi connectivity index (χ3n) is 4.45. The summed E-state index contributed by atoms with van der Waals surface area (Å²) < 4.78 is 35.6. The van der Waals surface area contributed by atoms with Gasteiger partial charge in [0.05, 0.1) is 47.9 Å². The number of sulfonamides is 1. The highest BCUT2D eigenvalue weighted by Gasteiger charge is 2.42. The summed E-state index contributed by atoms with van der Waals surface area (Å²) in [6.07, 6.45) is 0. The zero-order valence-electron chi connectivity index (χ0n) is 15.9. The minimum atomic E-state index is -3.76. The molecule has 29 heavy (non-hydrogen) atoms. The van der Waals surface area contributed by atoms with Gasteiger partial charge in [0.15, 0.2) is 0 Å². The number of methoxy groups -OCH3 is 2. The number of hydrogen-bond donors (Lipinski definition) is 1. The molecule has 1 saturated heterocycles. The van der Waals surface area contributed by atoms with Crippen molar-refractivity contribution in [3.05, 3.63) is 47.0 Å². The molecule has 1 fully saturated rings. The van der Waals surface area contributed by atoms with Gasteiger partial charge in [-0.1, -0.05) is 18.5 Å². The molecule has 1 aliphatic rings. The summed E-state index contributed by atoms with van der Waals surface area (Å²) in [6.45, 7) is 1.55. The van der Waals surface area contributed by atoms with Gasteiger partial charge in [0, 0.05) is 6.07 Å². The second-order valence-corrected chi connectivity index (χ2v) is 8.74. The number of nitrogens with zero attached hydrogens (tertiary/aromatic N) is 1. The van der Waals surface area contributed by atoms with Crippen molar-refractivity contribution in [3.8, 4) is 11.5 Å². The minimum absolute atomic E-state index is 0.00929. The number of halogens is 1. The number of anilines is 2. The van der Waals surface area contributed by atoms with Crippen molar-refractivity contribution in [1.29, 1.82) is 0 Å². The second kappa shape index (κ2) is 7.92. The molecule has 154 valence electrons. The SMILES string of the molecule is COc1ccc(NC(=O)c2ccc(N3C(=O)C(C)CS3(=O)=O)cc2Cl)c(OC)c1. The quantitative estimate of drug-likeness (QED) is 0.770. The van der Waals surface area contributed by atoms with Gasteiger partial charge in [-0.25, -0.2) is 12.7 Å². The Morgan fingerprint density at radius 2 is 1.90 bits per heavy atom. The largest absolute Gasteiger partial charge is 0.497 e. The number of amides is 2. The predicted octanol–water partition coefficient (Wildman–Crippen LogP) is 2.92. The lowest BCUT2D eigenvalue weighted by Crippen LogP contribution is -2.30. The standard InChI is InChI=1S/C19H19ClN2O6S/c1-11-10-29(25,26)22(19(11)24)12-4-6-14(15(20)8-12)18(23)21-16-7-5-13(27-2)9-17(16)28-3/h4-9,11H,10H2,1-3H3,(H,21,23). The highest BCUT2D eigenvalue weighted by molar-refractivity contribution is 7.94. The van der Waals surface area contributed by atoms with Crippen LogP contribution in [0.1, 0.15) is 17.3 Å². The molecule has 0 radical (unpaired) electrons.